The highest BCUT2D eigenvalue weighted by Crippen LogP contribution is 2.09. The van der Waals surface area contributed by atoms with Gasteiger partial charge in [-0.15, -0.1) is 0 Å². The van der Waals surface area contributed by atoms with E-state index in [2.05, 4.69) is 109 Å². The van der Waals surface area contributed by atoms with Crippen molar-refractivity contribution in [1.29, 1.82) is 0 Å². The molecule has 1 nitrogen and oxygen atoms in total. The highest BCUT2D eigenvalue weighted by atomic mass is 14.9. The Morgan fingerprint density at radius 2 is 1.04 bits per heavy atom. The van der Waals surface area contributed by atoms with E-state index < -0.39 is 0 Å². The molecule has 0 heterocycles. The minimum Gasteiger partial charge on any atom is -0.355 e. The van der Waals surface area contributed by atoms with Crippen LogP contribution in [-0.2, 0) is 0 Å². The molecule has 0 radical (unpaired) electrons. The number of hydrogen-bond donors (Lipinski definition) is 1. The number of rotatable bonds is 2. The van der Waals surface area contributed by atoms with E-state index in [1.54, 1.807) is 0 Å². The predicted octanol–water partition coefficient (Wildman–Crippen LogP) is 3.07. The summed E-state index contributed by atoms with van der Waals surface area (Å²) in [4.78, 5) is 0. The second-order valence-electron chi connectivity index (χ2n) is 6.36. The molecule has 0 bridgehead atoms. The molecule has 3 aromatic carbocycles. The van der Waals surface area contributed by atoms with Crippen LogP contribution < -0.4 is 26.2 Å². The predicted molar refractivity (Wildman–Crippen MR) is 117 cm³/mol. The molecular weight excluding hydrogens is 326 g/mol. The van der Waals surface area contributed by atoms with Crippen LogP contribution in [0.15, 0.2) is 103 Å². The molecule has 1 aliphatic carbocycles. The maximum atomic E-state index is 3.57. The van der Waals surface area contributed by atoms with E-state index in [-0.39, 0.29) is 0 Å². The lowest BCUT2D eigenvalue weighted by molar-refractivity contribution is 1.46. The van der Waals surface area contributed by atoms with Gasteiger partial charge in [0.2, 0.25) is 0 Å². The van der Waals surface area contributed by atoms with Crippen LogP contribution in [0.1, 0.15) is 0 Å². The topological polar surface area (TPSA) is 12.0 Å². The number of fused-ring (bicyclic) bond motifs is 2. The first-order valence-electron chi connectivity index (χ1n) is 9.14. The Balaban J connectivity index is 1.94. The molecule has 4 rings (SSSR count). The fourth-order valence-electron chi connectivity index (χ4n) is 3.14. The van der Waals surface area contributed by atoms with Gasteiger partial charge < -0.3 is 5.32 Å². The minimum absolute atomic E-state index is 1.07. The summed E-state index contributed by atoms with van der Waals surface area (Å²) in [6.07, 6.45) is 14.9. The lowest BCUT2D eigenvalue weighted by atomic mass is 10.1. The summed E-state index contributed by atoms with van der Waals surface area (Å²) in [7, 11) is 0. The van der Waals surface area contributed by atoms with Gasteiger partial charge in [-0.3, -0.25) is 0 Å². The quantitative estimate of drug-likeness (QED) is 0.751. The lowest BCUT2D eigenvalue weighted by Crippen LogP contribution is -2.28. The van der Waals surface area contributed by atoms with Gasteiger partial charge in [-0.1, -0.05) is 103 Å². The lowest BCUT2D eigenvalue weighted by Gasteiger charge is -2.08. The summed E-state index contributed by atoms with van der Waals surface area (Å²) in [5, 5.41) is 8.33. The third-order valence-electron chi connectivity index (χ3n) is 4.50. The first-order valence-corrected chi connectivity index (χ1v) is 9.14. The van der Waals surface area contributed by atoms with Crippen molar-refractivity contribution >= 4 is 29.6 Å². The van der Waals surface area contributed by atoms with Crippen LogP contribution >= 0.6 is 0 Å². The van der Waals surface area contributed by atoms with E-state index in [0.717, 1.165) is 11.4 Å². The second kappa shape index (κ2) is 8.20. The average molecular weight is 347 g/mol. The standard InChI is InChI=1S/C26H21N/c1-2-17-24(18-3-1)27-26-20-10-16-22-13-5-4-11-21(22)12-6-7-14-23-15-8-9-19-25(23)26/h1-20,27H. The van der Waals surface area contributed by atoms with Gasteiger partial charge in [0.05, 0.1) is 0 Å². The van der Waals surface area contributed by atoms with Crippen molar-refractivity contribution in [2.24, 2.45) is 0 Å². The van der Waals surface area contributed by atoms with Gasteiger partial charge in [-0.05, 0) is 33.9 Å². The smallest absolute Gasteiger partial charge is 0.0463 e. The number of hydrogen-bond acceptors (Lipinski definition) is 1. The monoisotopic (exact) mass is 347 g/mol. The first-order chi connectivity index (χ1) is 13.4. The Morgan fingerprint density at radius 3 is 1.78 bits per heavy atom. The molecule has 0 aromatic heterocycles. The third-order valence-corrected chi connectivity index (χ3v) is 4.50. The molecule has 3 aromatic rings. The molecule has 0 aliphatic heterocycles. The third kappa shape index (κ3) is 4.16. The Hall–Kier alpha value is -3.58. The summed E-state index contributed by atoms with van der Waals surface area (Å²) in [6, 6.07) is 27.1. The molecule has 0 unspecified atom stereocenters. The molecule has 0 fully saturated rings. The molecule has 0 atom stereocenters. The van der Waals surface area contributed by atoms with E-state index in [1.807, 2.05) is 18.2 Å². The van der Waals surface area contributed by atoms with Crippen LogP contribution in [0.4, 0.5) is 5.69 Å². The van der Waals surface area contributed by atoms with Crippen LogP contribution in [0, 0.1) is 0 Å². The van der Waals surface area contributed by atoms with Crippen LogP contribution in [0.2, 0.25) is 0 Å². The van der Waals surface area contributed by atoms with E-state index >= 15 is 0 Å². The number of anilines is 1. The van der Waals surface area contributed by atoms with Crippen molar-refractivity contribution in [3.63, 3.8) is 0 Å². The molecule has 0 saturated heterocycles. The normalized spacial score (nSPS) is 13.0. The molecule has 0 spiro atoms. The summed E-state index contributed by atoms with van der Waals surface area (Å²) < 4.78 is 0. The highest BCUT2D eigenvalue weighted by Gasteiger charge is 1.97. The maximum Gasteiger partial charge on any atom is 0.0463 e. The number of benzene rings is 3. The van der Waals surface area contributed by atoms with Gasteiger partial charge in [0.15, 0.2) is 0 Å². The Labute approximate surface area is 159 Å². The van der Waals surface area contributed by atoms with Crippen LogP contribution in [0.3, 0.4) is 0 Å². The zero-order chi connectivity index (χ0) is 18.3. The summed E-state index contributed by atoms with van der Waals surface area (Å²) in [5.74, 6) is 0. The molecule has 0 saturated carbocycles. The Kier molecular flexibility index (Phi) is 5.12. The van der Waals surface area contributed by atoms with Gasteiger partial charge >= 0.3 is 0 Å². The SMILES string of the molecule is C1=CC=c2ccccc2=C(Nc2ccccc2)C=CC=c2ccccc2=C1. The number of para-hydroxylation sites is 1. The van der Waals surface area contributed by atoms with Gasteiger partial charge in [-0.2, -0.15) is 0 Å². The molecule has 130 valence electrons. The summed E-state index contributed by atoms with van der Waals surface area (Å²) in [5.41, 5.74) is 2.14. The van der Waals surface area contributed by atoms with Crippen molar-refractivity contribution in [3.05, 3.63) is 124 Å². The van der Waals surface area contributed by atoms with Crippen molar-refractivity contribution < 1.29 is 0 Å². The fourth-order valence-corrected chi connectivity index (χ4v) is 3.14. The van der Waals surface area contributed by atoms with Crippen molar-refractivity contribution in [2.45, 2.75) is 0 Å². The van der Waals surface area contributed by atoms with Crippen LogP contribution in [-0.4, -0.2) is 0 Å². The summed E-state index contributed by atoms with van der Waals surface area (Å²) in [6.45, 7) is 0. The number of nitrogens with one attached hydrogen (secondary N) is 1. The number of allylic oxidation sites excluding steroid dienone is 3. The molecule has 27 heavy (non-hydrogen) atoms. The molecule has 1 N–H and O–H groups in total. The first kappa shape index (κ1) is 16.9. The average Bonchev–Trinajstić information content (AvgIpc) is 2.71. The van der Waals surface area contributed by atoms with E-state index in [4.69, 9.17) is 0 Å². The minimum atomic E-state index is 1.07. The molecule has 0 amide bonds. The van der Waals surface area contributed by atoms with Crippen molar-refractivity contribution in [3.8, 4) is 0 Å². The molecule has 1 heteroatoms. The van der Waals surface area contributed by atoms with Gasteiger partial charge in [0, 0.05) is 16.6 Å². The van der Waals surface area contributed by atoms with Crippen LogP contribution in [0.25, 0.3) is 23.9 Å². The highest BCUT2D eigenvalue weighted by molar-refractivity contribution is 5.73. The molecular formula is C26H21N. The van der Waals surface area contributed by atoms with E-state index in [1.165, 1.54) is 20.9 Å². The fraction of sp³-hybridized carbons (Fsp3) is 0. The van der Waals surface area contributed by atoms with E-state index in [0.29, 0.717) is 0 Å². The Morgan fingerprint density at radius 1 is 0.481 bits per heavy atom. The zero-order valence-corrected chi connectivity index (χ0v) is 15.0. The zero-order valence-electron chi connectivity index (χ0n) is 15.0. The molecule has 1 aliphatic rings. The Bertz CT molecular complexity index is 1230. The van der Waals surface area contributed by atoms with Crippen molar-refractivity contribution in [1.82, 2.24) is 0 Å². The van der Waals surface area contributed by atoms with Gasteiger partial charge in [0.1, 0.15) is 0 Å². The second-order valence-corrected chi connectivity index (χ2v) is 6.36. The summed E-state index contributed by atoms with van der Waals surface area (Å²) >= 11 is 0. The largest absolute Gasteiger partial charge is 0.355 e. The van der Waals surface area contributed by atoms with Crippen molar-refractivity contribution in [2.75, 3.05) is 5.32 Å². The van der Waals surface area contributed by atoms with Gasteiger partial charge in [0.25, 0.3) is 0 Å². The maximum absolute atomic E-state index is 3.57. The van der Waals surface area contributed by atoms with E-state index in [9.17, 15) is 0 Å². The van der Waals surface area contributed by atoms with Crippen LogP contribution in [0.5, 0.6) is 0 Å². The van der Waals surface area contributed by atoms with Gasteiger partial charge in [-0.25, -0.2) is 0 Å².